The van der Waals surface area contributed by atoms with Crippen molar-refractivity contribution < 1.29 is 19.4 Å². The second kappa shape index (κ2) is 7.49. The molecular weight excluding hydrogens is 294 g/mol. The Kier molecular flexibility index (Phi) is 5.64. The van der Waals surface area contributed by atoms with Crippen LogP contribution in [0.1, 0.15) is 38.7 Å². The lowest BCUT2D eigenvalue weighted by Gasteiger charge is -2.39. The highest BCUT2D eigenvalue weighted by Crippen LogP contribution is 2.26. The van der Waals surface area contributed by atoms with Gasteiger partial charge in [0.05, 0.1) is 5.92 Å². The Morgan fingerprint density at radius 3 is 2.78 bits per heavy atom. The van der Waals surface area contributed by atoms with Crippen LogP contribution in [0.4, 0.5) is 0 Å². The number of carboxylic acid groups (broad SMARTS) is 1. The van der Waals surface area contributed by atoms with Crippen molar-refractivity contribution >= 4 is 11.9 Å². The molecule has 1 unspecified atom stereocenters. The van der Waals surface area contributed by atoms with Gasteiger partial charge in [-0.15, -0.1) is 0 Å². The van der Waals surface area contributed by atoms with Gasteiger partial charge in [-0.3, -0.25) is 9.59 Å². The summed E-state index contributed by atoms with van der Waals surface area (Å²) in [6.45, 7) is 6.29. The van der Waals surface area contributed by atoms with Crippen molar-refractivity contribution in [2.24, 2.45) is 5.92 Å². The fourth-order valence-corrected chi connectivity index (χ4v) is 3.13. The monoisotopic (exact) mass is 319 g/mol. The number of carboxylic acids is 1. The van der Waals surface area contributed by atoms with Crippen molar-refractivity contribution in [3.8, 4) is 5.75 Å². The van der Waals surface area contributed by atoms with Crippen molar-refractivity contribution in [2.75, 3.05) is 6.54 Å². The van der Waals surface area contributed by atoms with Crippen LogP contribution in [-0.2, 0) is 9.59 Å². The van der Waals surface area contributed by atoms with Crippen LogP contribution in [0.2, 0.25) is 0 Å². The van der Waals surface area contributed by atoms with Crippen LogP contribution >= 0.6 is 0 Å². The minimum Gasteiger partial charge on any atom is -0.481 e. The maximum Gasteiger partial charge on any atom is 0.308 e. The minimum absolute atomic E-state index is 0.118. The molecule has 5 heteroatoms. The van der Waals surface area contributed by atoms with Crippen LogP contribution in [-0.4, -0.2) is 40.6 Å². The first kappa shape index (κ1) is 17.3. The second-order valence-corrected chi connectivity index (χ2v) is 6.19. The number of aliphatic carboxylic acids is 1. The number of piperidine rings is 1. The molecule has 126 valence electrons. The zero-order valence-corrected chi connectivity index (χ0v) is 14.0. The van der Waals surface area contributed by atoms with Crippen molar-refractivity contribution in [3.63, 3.8) is 0 Å². The van der Waals surface area contributed by atoms with Crippen LogP contribution in [0.3, 0.4) is 0 Å². The van der Waals surface area contributed by atoms with Gasteiger partial charge in [0.2, 0.25) is 0 Å². The molecule has 1 fully saturated rings. The highest BCUT2D eigenvalue weighted by Gasteiger charge is 2.37. The van der Waals surface area contributed by atoms with E-state index in [0.717, 1.165) is 5.56 Å². The van der Waals surface area contributed by atoms with Crippen molar-refractivity contribution in [1.29, 1.82) is 0 Å². The molecule has 1 aliphatic heterocycles. The Bertz CT molecular complexity index is 572. The number of amides is 1. The number of carbonyl (C=O) groups excluding carboxylic acids is 1. The van der Waals surface area contributed by atoms with Crippen molar-refractivity contribution in [1.82, 2.24) is 4.90 Å². The molecule has 2 rings (SSSR count). The molecule has 1 aromatic carbocycles. The number of hydrogen-bond donors (Lipinski definition) is 1. The highest BCUT2D eigenvalue weighted by atomic mass is 16.5. The number of nitrogens with zero attached hydrogens (tertiary/aromatic N) is 1. The van der Waals surface area contributed by atoms with E-state index in [2.05, 4.69) is 0 Å². The number of ether oxygens (including phenoxy) is 1. The highest BCUT2D eigenvalue weighted by molar-refractivity contribution is 5.82. The summed E-state index contributed by atoms with van der Waals surface area (Å²) in [7, 11) is 0. The standard InChI is InChI=1S/C18H25NO4/c1-4-16(23-14-8-5-7-12(2)11-14)17(20)19-10-6-9-15(13(19)3)18(21)22/h5,7-8,11,13,15-16H,4,6,9-10H2,1-3H3,(H,21,22)/t13-,15-,16?/m0/s1. The van der Waals surface area contributed by atoms with Gasteiger partial charge in [0.25, 0.3) is 5.91 Å². The average Bonchev–Trinajstić information content (AvgIpc) is 2.52. The van der Waals surface area contributed by atoms with Gasteiger partial charge < -0.3 is 14.7 Å². The fraction of sp³-hybridized carbons (Fsp3) is 0.556. The lowest BCUT2D eigenvalue weighted by molar-refractivity contribution is -0.152. The first-order valence-corrected chi connectivity index (χ1v) is 8.20. The normalized spacial score (nSPS) is 22.5. The molecule has 5 nitrogen and oxygen atoms in total. The maximum atomic E-state index is 12.8. The third kappa shape index (κ3) is 4.03. The Hall–Kier alpha value is -2.04. The summed E-state index contributed by atoms with van der Waals surface area (Å²) < 4.78 is 5.86. The van der Waals surface area contributed by atoms with Gasteiger partial charge in [0.15, 0.2) is 6.10 Å². The smallest absolute Gasteiger partial charge is 0.308 e. The number of hydrogen-bond acceptors (Lipinski definition) is 3. The summed E-state index contributed by atoms with van der Waals surface area (Å²) in [6, 6.07) is 7.30. The van der Waals surface area contributed by atoms with Gasteiger partial charge in [0, 0.05) is 12.6 Å². The van der Waals surface area contributed by atoms with E-state index in [1.807, 2.05) is 45.0 Å². The Balaban J connectivity index is 2.11. The maximum absolute atomic E-state index is 12.8. The molecule has 1 aliphatic rings. The van der Waals surface area contributed by atoms with Gasteiger partial charge in [0.1, 0.15) is 5.75 Å². The fourth-order valence-electron chi connectivity index (χ4n) is 3.13. The summed E-state index contributed by atoms with van der Waals surface area (Å²) in [5, 5.41) is 9.30. The van der Waals surface area contributed by atoms with Crippen molar-refractivity contribution in [2.45, 2.75) is 52.2 Å². The number of carbonyl (C=O) groups is 2. The molecule has 1 N–H and O–H groups in total. The van der Waals surface area contributed by atoms with Crippen LogP contribution in [0.15, 0.2) is 24.3 Å². The van der Waals surface area contributed by atoms with Gasteiger partial charge in [-0.2, -0.15) is 0 Å². The number of benzene rings is 1. The molecule has 0 aliphatic carbocycles. The number of rotatable bonds is 5. The molecule has 0 bridgehead atoms. The quantitative estimate of drug-likeness (QED) is 0.906. The third-order valence-electron chi connectivity index (χ3n) is 4.50. The van der Waals surface area contributed by atoms with Crippen LogP contribution < -0.4 is 4.74 Å². The Labute approximate surface area is 137 Å². The molecule has 1 saturated heterocycles. The molecule has 0 saturated carbocycles. The molecule has 0 aromatic heterocycles. The van der Waals surface area contributed by atoms with E-state index in [4.69, 9.17) is 4.74 Å². The van der Waals surface area contributed by atoms with Gasteiger partial charge >= 0.3 is 5.97 Å². The van der Waals surface area contributed by atoms with E-state index >= 15 is 0 Å². The van der Waals surface area contributed by atoms with Gasteiger partial charge in [-0.25, -0.2) is 0 Å². The van der Waals surface area contributed by atoms with E-state index in [0.29, 0.717) is 31.6 Å². The minimum atomic E-state index is -0.831. The first-order valence-electron chi connectivity index (χ1n) is 8.20. The molecule has 1 aromatic rings. The largest absolute Gasteiger partial charge is 0.481 e. The van der Waals surface area contributed by atoms with Crippen LogP contribution in [0.5, 0.6) is 5.75 Å². The van der Waals surface area contributed by atoms with E-state index in [1.54, 1.807) is 4.90 Å². The van der Waals surface area contributed by atoms with E-state index in [-0.39, 0.29) is 11.9 Å². The molecular formula is C18H25NO4. The van der Waals surface area contributed by atoms with E-state index < -0.39 is 18.0 Å². The lowest BCUT2D eigenvalue weighted by Crippen LogP contribution is -2.53. The average molecular weight is 319 g/mol. The zero-order valence-electron chi connectivity index (χ0n) is 14.0. The SMILES string of the molecule is CCC(Oc1cccc(C)c1)C(=O)N1CCC[C@H](C(=O)O)[C@@H]1C. The van der Waals surface area contributed by atoms with Crippen LogP contribution in [0, 0.1) is 12.8 Å². The number of likely N-dealkylation sites (tertiary alicyclic amines) is 1. The molecule has 1 amide bonds. The molecule has 23 heavy (non-hydrogen) atoms. The summed E-state index contributed by atoms with van der Waals surface area (Å²) in [4.78, 5) is 25.8. The second-order valence-electron chi connectivity index (χ2n) is 6.19. The summed E-state index contributed by atoms with van der Waals surface area (Å²) in [5.41, 5.74) is 1.07. The summed E-state index contributed by atoms with van der Waals surface area (Å²) in [6.07, 6.45) is 1.31. The van der Waals surface area contributed by atoms with E-state index in [1.165, 1.54) is 0 Å². The lowest BCUT2D eigenvalue weighted by atomic mass is 9.90. The summed E-state index contributed by atoms with van der Waals surface area (Å²) in [5.74, 6) is -0.774. The number of aryl methyl sites for hydroxylation is 1. The predicted octanol–water partition coefficient (Wildman–Crippen LogP) is 2.86. The predicted molar refractivity (Wildman–Crippen MR) is 87.4 cm³/mol. The molecule has 1 heterocycles. The molecule has 0 radical (unpaired) electrons. The van der Waals surface area contributed by atoms with Crippen LogP contribution in [0.25, 0.3) is 0 Å². The van der Waals surface area contributed by atoms with E-state index in [9.17, 15) is 14.7 Å². The summed E-state index contributed by atoms with van der Waals surface area (Å²) >= 11 is 0. The van der Waals surface area contributed by atoms with Crippen molar-refractivity contribution in [3.05, 3.63) is 29.8 Å². The molecule has 0 spiro atoms. The zero-order chi connectivity index (χ0) is 17.0. The third-order valence-corrected chi connectivity index (χ3v) is 4.50. The Morgan fingerprint density at radius 2 is 2.17 bits per heavy atom. The molecule has 3 atom stereocenters. The van der Waals surface area contributed by atoms with Gasteiger partial charge in [-0.05, 0) is 50.8 Å². The first-order chi connectivity index (χ1) is 10.9. The Morgan fingerprint density at radius 1 is 1.43 bits per heavy atom. The topological polar surface area (TPSA) is 66.8 Å². The van der Waals surface area contributed by atoms with Gasteiger partial charge in [-0.1, -0.05) is 19.1 Å².